The second-order valence-corrected chi connectivity index (χ2v) is 3.96. The first-order valence-electron chi connectivity index (χ1n) is 5.00. The lowest BCUT2D eigenvalue weighted by Crippen LogP contribution is -2.42. The van der Waals surface area contributed by atoms with E-state index in [1.54, 1.807) is 0 Å². The Labute approximate surface area is 84.1 Å². The van der Waals surface area contributed by atoms with Crippen LogP contribution in [0.25, 0.3) is 0 Å². The summed E-state index contributed by atoms with van der Waals surface area (Å²) in [5.74, 6) is -0.933. The maximum Gasteiger partial charge on any atom is 0.332 e. The van der Waals surface area contributed by atoms with Crippen molar-refractivity contribution in [3.8, 4) is 0 Å². The van der Waals surface area contributed by atoms with E-state index in [0.717, 1.165) is 18.4 Å². The molecule has 0 atom stereocenters. The van der Waals surface area contributed by atoms with Gasteiger partial charge in [-0.05, 0) is 24.3 Å². The molecule has 1 saturated heterocycles. The Morgan fingerprint density at radius 2 is 2.00 bits per heavy atom. The number of esters is 2. The van der Waals surface area contributed by atoms with Crippen molar-refractivity contribution in [1.82, 2.24) is 0 Å². The molecule has 0 radical (unpaired) electrons. The summed E-state index contributed by atoms with van der Waals surface area (Å²) in [7, 11) is 0. The van der Waals surface area contributed by atoms with Gasteiger partial charge in [-0.15, -0.1) is 0 Å². The number of cyclic esters (lactones) is 2. The molecule has 3 nitrogen and oxygen atoms in total. The van der Waals surface area contributed by atoms with Gasteiger partial charge in [0.15, 0.2) is 5.92 Å². The van der Waals surface area contributed by atoms with Gasteiger partial charge in [-0.1, -0.05) is 26.8 Å². The van der Waals surface area contributed by atoms with E-state index in [0.29, 0.717) is 5.92 Å². The molecule has 0 amide bonds. The molecule has 1 aliphatic rings. The Hall–Kier alpha value is -1.12. The predicted molar refractivity (Wildman–Crippen MR) is 52.4 cm³/mol. The van der Waals surface area contributed by atoms with E-state index in [1.165, 1.54) is 0 Å². The van der Waals surface area contributed by atoms with Crippen molar-refractivity contribution < 1.29 is 14.3 Å². The normalized spacial score (nSPS) is 18.4. The largest absolute Gasteiger partial charge is 0.391 e. The first-order valence-corrected chi connectivity index (χ1v) is 5.00. The number of carbonyl (C=O) groups excluding carboxylic acids is 2. The molecule has 0 aliphatic carbocycles. The first kappa shape index (κ1) is 11.0. The van der Waals surface area contributed by atoms with Gasteiger partial charge >= 0.3 is 11.9 Å². The average molecular weight is 196 g/mol. The Morgan fingerprint density at radius 1 is 1.43 bits per heavy atom. The summed E-state index contributed by atoms with van der Waals surface area (Å²) in [6, 6.07) is 0. The van der Waals surface area contributed by atoms with Crippen LogP contribution in [0.1, 0.15) is 33.6 Å². The standard InChI is InChI=1S/C11H16O3/c1-4-5-8(6-7(2)3)9-10(12)14-11(9)13/h5,7,9H,4,6H2,1-3H3. The molecule has 0 unspecified atom stereocenters. The van der Waals surface area contributed by atoms with E-state index >= 15 is 0 Å². The summed E-state index contributed by atoms with van der Waals surface area (Å²) >= 11 is 0. The zero-order valence-corrected chi connectivity index (χ0v) is 8.87. The van der Waals surface area contributed by atoms with Gasteiger partial charge in [0.25, 0.3) is 0 Å². The van der Waals surface area contributed by atoms with E-state index in [1.807, 2.05) is 13.0 Å². The van der Waals surface area contributed by atoms with Crippen LogP contribution >= 0.6 is 0 Å². The van der Waals surface area contributed by atoms with Crippen LogP contribution in [0.15, 0.2) is 11.6 Å². The van der Waals surface area contributed by atoms with Gasteiger partial charge in [0.2, 0.25) is 0 Å². The average Bonchev–Trinajstić information content (AvgIpc) is 2.02. The minimum atomic E-state index is -0.600. The molecule has 14 heavy (non-hydrogen) atoms. The summed E-state index contributed by atoms with van der Waals surface area (Å²) < 4.78 is 4.34. The smallest absolute Gasteiger partial charge is 0.332 e. The van der Waals surface area contributed by atoms with Crippen LogP contribution in [-0.4, -0.2) is 11.9 Å². The number of ether oxygens (including phenoxy) is 1. The fourth-order valence-corrected chi connectivity index (χ4v) is 1.61. The highest BCUT2D eigenvalue weighted by Crippen LogP contribution is 2.28. The fraction of sp³-hybridized carbons (Fsp3) is 0.636. The van der Waals surface area contributed by atoms with Gasteiger partial charge in [0, 0.05) is 0 Å². The van der Waals surface area contributed by atoms with Crippen molar-refractivity contribution in [1.29, 1.82) is 0 Å². The number of rotatable bonds is 4. The van der Waals surface area contributed by atoms with Crippen LogP contribution in [-0.2, 0) is 14.3 Å². The molecule has 1 rings (SSSR count). The van der Waals surface area contributed by atoms with Crippen molar-refractivity contribution >= 4 is 11.9 Å². The summed E-state index contributed by atoms with van der Waals surface area (Å²) in [6.07, 6.45) is 3.60. The third-order valence-corrected chi connectivity index (χ3v) is 2.15. The van der Waals surface area contributed by atoms with Crippen molar-refractivity contribution in [3.05, 3.63) is 11.6 Å². The molecule has 0 aromatic rings. The fourth-order valence-electron chi connectivity index (χ4n) is 1.61. The lowest BCUT2D eigenvalue weighted by atomic mass is 9.88. The van der Waals surface area contributed by atoms with Crippen LogP contribution in [0.4, 0.5) is 0 Å². The van der Waals surface area contributed by atoms with Gasteiger partial charge in [0.05, 0.1) is 0 Å². The molecule has 0 saturated carbocycles. The zero-order valence-electron chi connectivity index (χ0n) is 8.87. The van der Waals surface area contributed by atoms with Crippen LogP contribution in [0, 0.1) is 11.8 Å². The van der Waals surface area contributed by atoms with Crippen LogP contribution < -0.4 is 0 Å². The summed E-state index contributed by atoms with van der Waals surface area (Å²) in [4.78, 5) is 22.1. The molecule has 0 N–H and O–H groups in total. The summed E-state index contributed by atoms with van der Waals surface area (Å²) in [5.41, 5.74) is 0.920. The van der Waals surface area contributed by atoms with Crippen LogP contribution in [0.2, 0.25) is 0 Å². The van der Waals surface area contributed by atoms with E-state index in [2.05, 4.69) is 18.6 Å². The maximum absolute atomic E-state index is 11.1. The van der Waals surface area contributed by atoms with Gasteiger partial charge in [-0.2, -0.15) is 0 Å². The third-order valence-electron chi connectivity index (χ3n) is 2.15. The van der Waals surface area contributed by atoms with E-state index in [4.69, 9.17) is 0 Å². The van der Waals surface area contributed by atoms with Crippen molar-refractivity contribution in [2.24, 2.45) is 11.8 Å². The number of allylic oxidation sites excluding steroid dienone is 1. The van der Waals surface area contributed by atoms with Gasteiger partial charge in [0.1, 0.15) is 0 Å². The van der Waals surface area contributed by atoms with Crippen LogP contribution in [0.3, 0.4) is 0 Å². The first-order chi connectivity index (χ1) is 6.56. The SMILES string of the molecule is CCC=C(CC(C)C)C1C(=O)OC1=O. The molecule has 1 fully saturated rings. The molecule has 0 aromatic heterocycles. The topological polar surface area (TPSA) is 43.4 Å². The second kappa shape index (κ2) is 4.40. The van der Waals surface area contributed by atoms with Gasteiger partial charge in [-0.3, -0.25) is 9.59 Å². The molecule has 1 heterocycles. The monoisotopic (exact) mass is 196 g/mol. The van der Waals surface area contributed by atoms with E-state index < -0.39 is 17.9 Å². The molecule has 0 spiro atoms. The van der Waals surface area contributed by atoms with E-state index in [9.17, 15) is 9.59 Å². The zero-order chi connectivity index (χ0) is 10.7. The predicted octanol–water partition coefficient (Wildman–Crippen LogP) is 2.07. The number of hydrogen-bond acceptors (Lipinski definition) is 3. The van der Waals surface area contributed by atoms with Crippen molar-refractivity contribution in [2.45, 2.75) is 33.6 Å². The van der Waals surface area contributed by atoms with Crippen molar-refractivity contribution in [2.75, 3.05) is 0 Å². The summed E-state index contributed by atoms with van der Waals surface area (Å²) in [5, 5.41) is 0. The minimum Gasteiger partial charge on any atom is -0.391 e. The minimum absolute atomic E-state index is 0.393. The molecular weight excluding hydrogens is 180 g/mol. The lowest BCUT2D eigenvalue weighted by Gasteiger charge is -2.25. The molecule has 0 aromatic carbocycles. The molecule has 1 aliphatic heterocycles. The molecule has 3 heteroatoms. The number of carbonyl (C=O) groups is 2. The highest BCUT2D eigenvalue weighted by molar-refractivity contribution is 6.11. The second-order valence-electron chi connectivity index (χ2n) is 3.96. The van der Waals surface area contributed by atoms with Crippen molar-refractivity contribution in [3.63, 3.8) is 0 Å². The van der Waals surface area contributed by atoms with E-state index in [-0.39, 0.29) is 0 Å². The maximum atomic E-state index is 11.1. The Morgan fingerprint density at radius 3 is 2.36 bits per heavy atom. The highest BCUT2D eigenvalue weighted by atomic mass is 16.6. The number of hydrogen-bond donors (Lipinski definition) is 0. The molecule has 78 valence electrons. The molecular formula is C11H16O3. The Balaban J connectivity index is 2.72. The van der Waals surface area contributed by atoms with Gasteiger partial charge in [-0.25, -0.2) is 0 Å². The third kappa shape index (κ3) is 2.22. The van der Waals surface area contributed by atoms with Crippen LogP contribution in [0.5, 0.6) is 0 Å². The Bertz CT molecular complexity index is 262. The summed E-state index contributed by atoms with van der Waals surface area (Å²) in [6.45, 7) is 6.13. The molecule has 0 bridgehead atoms. The van der Waals surface area contributed by atoms with Gasteiger partial charge < -0.3 is 4.74 Å². The highest BCUT2D eigenvalue weighted by Gasteiger charge is 2.43. The Kier molecular flexibility index (Phi) is 3.44. The quantitative estimate of drug-likeness (QED) is 0.392. The lowest BCUT2D eigenvalue weighted by molar-refractivity contribution is -0.181.